The Bertz CT molecular complexity index is 331. The van der Waals surface area contributed by atoms with Gasteiger partial charge in [-0.1, -0.05) is 28.1 Å². The topological polar surface area (TPSA) is 24.1 Å². The number of hydrogen-bond donors (Lipinski definition) is 2. The fourth-order valence-corrected chi connectivity index (χ4v) is 3.00. The second-order valence-electron chi connectivity index (χ2n) is 4.80. The third-order valence-corrected chi connectivity index (χ3v) is 4.20. The van der Waals surface area contributed by atoms with Crippen LogP contribution in [0.5, 0.6) is 0 Å². The molecule has 3 heteroatoms. The lowest BCUT2D eigenvalue weighted by molar-refractivity contribution is 0.313. The molecule has 2 N–H and O–H groups in total. The molecule has 1 heterocycles. The summed E-state index contributed by atoms with van der Waals surface area (Å²) in [6.45, 7) is 3.41. The van der Waals surface area contributed by atoms with E-state index < -0.39 is 0 Å². The summed E-state index contributed by atoms with van der Waals surface area (Å²) >= 11 is 3.50. The van der Waals surface area contributed by atoms with Crippen molar-refractivity contribution in [1.29, 1.82) is 0 Å². The van der Waals surface area contributed by atoms with E-state index in [0.717, 1.165) is 16.9 Å². The van der Waals surface area contributed by atoms with Crippen LogP contribution in [0.1, 0.15) is 24.3 Å². The molecular weight excluding hydrogens is 276 g/mol. The van der Waals surface area contributed by atoms with E-state index in [9.17, 15) is 0 Å². The molecule has 0 amide bonds. The lowest BCUT2D eigenvalue weighted by Gasteiger charge is -2.31. The van der Waals surface area contributed by atoms with Gasteiger partial charge in [-0.25, -0.2) is 0 Å². The van der Waals surface area contributed by atoms with Crippen molar-refractivity contribution in [2.75, 3.05) is 26.7 Å². The molecule has 1 unspecified atom stereocenters. The Hall–Kier alpha value is -0.380. The maximum Gasteiger partial charge on any atom is 0.0175 e. The number of rotatable bonds is 4. The molecule has 2 nitrogen and oxygen atoms in total. The van der Waals surface area contributed by atoms with Crippen LogP contribution in [0.4, 0.5) is 0 Å². The minimum atomic E-state index is 0.648. The Kier molecular flexibility index (Phi) is 5.01. The summed E-state index contributed by atoms with van der Waals surface area (Å²) in [5, 5.41) is 6.79. The maximum absolute atomic E-state index is 3.50. The molecule has 1 aromatic rings. The van der Waals surface area contributed by atoms with E-state index in [-0.39, 0.29) is 0 Å². The fourth-order valence-electron chi connectivity index (χ4n) is 2.73. The first-order chi connectivity index (χ1) is 8.31. The van der Waals surface area contributed by atoms with Crippen LogP contribution in [-0.2, 0) is 0 Å². The second-order valence-corrected chi connectivity index (χ2v) is 5.72. The van der Waals surface area contributed by atoms with E-state index in [1.54, 1.807) is 0 Å². The summed E-state index contributed by atoms with van der Waals surface area (Å²) in [5.74, 6) is 1.46. The fraction of sp³-hybridized carbons (Fsp3) is 0.571. The van der Waals surface area contributed by atoms with Crippen molar-refractivity contribution in [1.82, 2.24) is 10.6 Å². The maximum atomic E-state index is 3.50. The minimum Gasteiger partial charge on any atom is -0.319 e. The summed E-state index contributed by atoms with van der Waals surface area (Å²) < 4.78 is 1.16. The van der Waals surface area contributed by atoms with Gasteiger partial charge in [0.1, 0.15) is 0 Å². The SMILES string of the molecule is CNCC(c1ccc(Br)cc1)C1CCNCC1. The van der Waals surface area contributed by atoms with Crippen molar-refractivity contribution in [3.05, 3.63) is 34.3 Å². The highest BCUT2D eigenvalue weighted by Gasteiger charge is 2.24. The van der Waals surface area contributed by atoms with Crippen LogP contribution in [-0.4, -0.2) is 26.7 Å². The first-order valence-electron chi connectivity index (χ1n) is 6.42. The molecule has 1 saturated heterocycles. The molecule has 0 radical (unpaired) electrons. The Morgan fingerprint density at radius 3 is 2.53 bits per heavy atom. The van der Waals surface area contributed by atoms with Gasteiger partial charge in [0.15, 0.2) is 0 Å². The van der Waals surface area contributed by atoms with Crippen molar-refractivity contribution in [3.63, 3.8) is 0 Å². The number of benzene rings is 1. The Morgan fingerprint density at radius 2 is 1.94 bits per heavy atom. The predicted molar refractivity (Wildman–Crippen MR) is 76.4 cm³/mol. The molecular formula is C14H21BrN2. The van der Waals surface area contributed by atoms with Crippen molar-refractivity contribution in [2.45, 2.75) is 18.8 Å². The number of hydrogen-bond acceptors (Lipinski definition) is 2. The van der Waals surface area contributed by atoms with Crippen LogP contribution in [0.2, 0.25) is 0 Å². The van der Waals surface area contributed by atoms with Crippen LogP contribution >= 0.6 is 15.9 Å². The van der Waals surface area contributed by atoms with Crippen molar-refractivity contribution >= 4 is 15.9 Å². The zero-order valence-corrected chi connectivity index (χ0v) is 12.0. The summed E-state index contributed by atoms with van der Waals surface area (Å²) in [7, 11) is 2.05. The molecule has 1 aliphatic heterocycles. The van der Waals surface area contributed by atoms with E-state index in [2.05, 4.69) is 50.8 Å². The minimum absolute atomic E-state index is 0.648. The third kappa shape index (κ3) is 3.54. The third-order valence-electron chi connectivity index (χ3n) is 3.68. The van der Waals surface area contributed by atoms with Gasteiger partial charge in [-0.3, -0.25) is 0 Å². The monoisotopic (exact) mass is 296 g/mol. The largest absolute Gasteiger partial charge is 0.319 e. The highest BCUT2D eigenvalue weighted by atomic mass is 79.9. The zero-order valence-electron chi connectivity index (χ0n) is 10.4. The Labute approximate surface area is 112 Å². The van der Waals surface area contributed by atoms with Gasteiger partial charge in [0.05, 0.1) is 0 Å². The van der Waals surface area contributed by atoms with E-state index >= 15 is 0 Å². The number of nitrogens with one attached hydrogen (secondary N) is 2. The second kappa shape index (κ2) is 6.53. The van der Waals surface area contributed by atoms with Crippen molar-refractivity contribution < 1.29 is 0 Å². The lowest BCUT2D eigenvalue weighted by atomic mass is 9.80. The average Bonchev–Trinajstić information content (AvgIpc) is 2.38. The molecule has 1 fully saturated rings. The molecule has 17 heavy (non-hydrogen) atoms. The number of likely N-dealkylation sites (N-methyl/N-ethyl adjacent to an activating group) is 1. The molecule has 0 saturated carbocycles. The molecule has 1 aliphatic rings. The summed E-state index contributed by atoms with van der Waals surface area (Å²) in [4.78, 5) is 0. The van der Waals surface area contributed by atoms with Crippen LogP contribution in [0.25, 0.3) is 0 Å². The normalized spacial score (nSPS) is 19.2. The highest BCUT2D eigenvalue weighted by molar-refractivity contribution is 9.10. The van der Waals surface area contributed by atoms with Crippen LogP contribution in [0.3, 0.4) is 0 Å². The molecule has 0 aliphatic carbocycles. The molecule has 1 atom stereocenters. The van der Waals surface area contributed by atoms with E-state index in [0.29, 0.717) is 5.92 Å². The first-order valence-corrected chi connectivity index (χ1v) is 7.21. The van der Waals surface area contributed by atoms with Gasteiger partial charge >= 0.3 is 0 Å². The van der Waals surface area contributed by atoms with Gasteiger partial charge in [-0.2, -0.15) is 0 Å². The van der Waals surface area contributed by atoms with E-state index in [1.807, 2.05) is 7.05 Å². The van der Waals surface area contributed by atoms with E-state index in [4.69, 9.17) is 0 Å². The highest BCUT2D eigenvalue weighted by Crippen LogP contribution is 2.31. The number of piperidine rings is 1. The van der Waals surface area contributed by atoms with Gasteiger partial charge in [-0.05, 0) is 62.5 Å². The first kappa shape index (κ1) is 13.1. The Balaban J connectivity index is 2.12. The zero-order chi connectivity index (χ0) is 12.1. The van der Waals surface area contributed by atoms with Crippen molar-refractivity contribution in [2.24, 2.45) is 5.92 Å². The van der Waals surface area contributed by atoms with Gasteiger partial charge < -0.3 is 10.6 Å². The standard InChI is InChI=1S/C14H21BrN2/c1-16-10-14(12-6-8-17-9-7-12)11-2-4-13(15)5-3-11/h2-5,12,14,16-17H,6-10H2,1H3. The Morgan fingerprint density at radius 1 is 1.29 bits per heavy atom. The molecule has 1 aromatic carbocycles. The molecule has 94 valence electrons. The summed E-state index contributed by atoms with van der Waals surface area (Å²) in [5.41, 5.74) is 1.47. The molecule has 2 rings (SSSR count). The molecule has 0 spiro atoms. The van der Waals surface area contributed by atoms with Gasteiger partial charge in [-0.15, -0.1) is 0 Å². The van der Waals surface area contributed by atoms with Crippen molar-refractivity contribution in [3.8, 4) is 0 Å². The number of halogens is 1. The predicted octanol–water partition coefficient (Wildman–Crippen LogP) is 2.75. The van der Waals surface area contributed by atoms with Gasteiger partial charge in [0.25, 0.3) is 0 Å². The van der Waals surface area contributed by atoms with Crippen LogP contribution < -0.4 is 10.6 Å². The van der Waals surface area contributed by atoms with Crippen LogP contribution in [0, 0.1) is 5.92 Å². The smallest absolute Gasteiger partial charge is 0.0175 e. The lowest BCUT2D eigenvalue weighted by Crippen LogP contribution is -2.34. The summed E-state index contributed by atoms with van der Waals surface area (Å²) in [6, 6.07) is 8.82. The average molecular weight is 297 g/mol. The molecule has 0 bridgehead atoms. The van der Waals surface area contributed by atoms with E-state index in [1.165, 1.54) is 31.5 Å². The quantitative estimate of drug-likeness (QED) is 0.893. The van der Waals surface area contributed by atoms with Crippen LogP contribution in [0.15, 0.2) is 28.7 Å². The molecule has 0 aromatic heterocycles. The summed E-state index contributed by atoms with van der Waals surface area (Å²) in [6.07, 6.45) is 2.59. The van der Waals surface area contributed by atoms with Gasteiger partial charge in [0.2, 0.25) is 0 Å². The van der Waals surface area contributed by atoms with Gasteiger partial charge in [0, 0.05) is 11.0 Å².